The predicted octanol–water partition coefficient (Wildman–Crippen LogP) is 2.81. The predicted molar refractivity (Wildman–Crippen MR) is 67.8 cm³/mol. The normalized spacial score (nSPS) is 10.3. The first kappa shape index (κ1) is 13.9. The van der Waals surface area contributed by atoms with Crippen LogP contribution in [-0.4, -0.2) is 19.0 Å². The van der Waals surface area contributed by atoms with Crippen LogP contribution in [0.5, 0.6) is 0 Å². The highest BCUT2D eigenvalue weighted by atomic mass is 35.5. The van der Waals surface area contributed by atoms with Gasteiger partial charge >= 0.3 is 0 Å². The van der Waals surface area contributed by atoms with Crippen LogP contribution in [0.25, 0.3) is 0 Å². The van der Waals surface area contributed by atoms with Crippen molar-refractivity contribution < 1.29 is 9.18 Å². The van der Waals surface area contributed by atoms with Crippen LogP contribution in [0.4, 0.5) is 10.1 Å². The second-order valence-corrected chi connectivity index (χ2v) is 4.08. The van der Waals surface area contributed by atoms with Crippen LogP contribution in [0.3, 0.4) is 0 Å². The van der Waals surface area contributed by atoms with Crippen molar-refractivity contribution in [2.45, 2.75) is 19.8 Å². The van der Waals surface area contributed by atoms with E-state index in [1.165, 1.54) is 18.2 Å². The number of halogens is 2. The number of nitrogens with one attached hydrogen (secondary N) is 2. The topological polar surface area (TPSA) is 41.1 Å². The number of hydrogen-bond donors (Lipinski definition) is 2. The number of rotatable bonds is 6. The van der Waals surface area contributed by atoms with Crippen molar-refractivity contribution in [2.75, 3.05) is 18.4 Å². The smallest absolute Gasteiger partial charge is 0.225 e. The lowest BCUT2D eigenvalue weighted by Gasteiger charge is -2.06. The van der Waals surface area contributed by atoms with Gasteiger partial charge in [0, 0.05) is 18.7 Å². The summed E-state index contributed by atoms with van der Waals surface area (Å²) in [4.78, 5) is 11.5. The average Bonchev–Trinajstić information content (AvgIpc) is 2.30. The minimum Gasteiger partial charge on any atom is -0.326 e. The van der Waals surface area contributed by atoms with E-state index in [1.807, 2.05) is 0 Å². The minimum absolute atomic E-state index is 0.00640. The van der Waals surface area contributed by atoms with Crippen LogP contribution in [0.2, 0.25) is 5.02 Å². The number of amides is 1. The number of anilines is 1. The molecule has 17 heavy (non-hydrogen) atoms. The molecule has 1 aromatic rings. The summed E-state index contributed by atoms with van der Waals surface area (Å²) in [5, 5.41) is 5.79. The van der Waals surface area contributed by atoms with Crippen LogP contribution in [0, 0.1) is 5.82 Å². The molecular weight excluding hydrogens is 243 g/mol. The molecule has 2 N–H and O–H groups in total. The minimum atomic E-state index is -0.491. The van der Waals surface area contributed by atoms with Crippen molar-refractivity contribution >= 4 is 23.2 Å². The Bertz CT molecular complexity index is 385. The van der Waals surface area contributed by atoms with Gasteiger partial charge in [-0.25, -0.2) is 4.39 Å². The average molecular weight is 259 g/mol. The van der Waals surface area contributed by atoms with Crippen LogP contribution >= 0.6 is 11.6 Å². The van der Waals surface area contributed by atoms with Gasteiger partial charge in [-0.15, -0.1) is 0 Å². The Morgan fingerprint density at radius 2 is 2.18 bits per heavy atom. The van der Waals surface area contributed by atoms with E-state index < -0.39 is 5.82 Å². The third-order valence-electron chi connectivity index (χ3n) is 2.16. The van der Waals surface area contributed by atoms with Gasteiger partial charge in [0.05, 0.1) is 5.02 Å². The Morgan fingerprint density at radius 3 is 2.82 bits per heavy atom. The Balaban J connectivity index is 2.37. The van der Waals surface area contributed by atoms with E-state index in [0.29, 0.717) is 18.7 Å². The highest BCUT2D eigenvalue weighted by molar-refractivity contribution is 6.31. The molecule has 1 aromatic carbocycles. The van der Waals surface area contributed by atoms with Gasteiger partial charge in [-0.3, -0.25) is 4.79 Å². The monoisotopic (exact) mass is 258 g/mol. The van der Waals surface area contributed by atoms with Crippen molar-refractivity contribution in [3.05, 3.63) is 29.0 Å². The maximum atomic E-state index is 12.9. The molecule has 5 heteroatoms. The fourth-order valence-electron chi connectivity index (χ4n) is 1.30. The van der Waals surface area contributed by atoms with Gasteiger partial charge in [-0.2, -0.15) is 0 Å². The summed E-state index contributed by atoms with van der Waals surface area (Å²) in [6.07, 6.45) is 1.42. The van der Waals surface area contributed by atoms with Crippen molar-refractivity contribution in [3.8, 4) is 0 Å². The first-order chi connectivity index (χ1) is 8.13. The molecule has 1 amide bonds. The zero-order valence-corrected chi connectivity index (χ0v) is 10.5. The number of carbonyl (C=O) groups excluding carboxylic acids is 1. The Labute approximate surface area is 105 Å². The summed E-state index contributed by atoms with van der Waals surface area (Å²) in [5.41, 5.74) is 0.511. The zero-order valence-electron chi connectivity index (χ0n) is 9.72. The van der Waals surface area contributed by atoms with Gasteiger partial charge in [0.2, 0.25) is 5.91 Å². The summed E-state index contributed by atoms with van der Waals surface area (Å²) < 4.78 is 12.9. The molecule has 0 aliphatic heterocycles. The molecule has 0 saturated carbocycles. The molecule has 0 heterocycles. The SMILES string of the molecule is CCCNCCC(=O)Nc1ccc(F)c(Cl)c1. The van der Waals surface area contributed by atoms with Gasteiger partial charge < -0.3 is 10.6 Å². The van der Waals surface area contributed by atoms with Crippen molar-refractivity contribution in [1.29, 1.82) is 0 Å². The van der Waals surface area contributed by atoms with E-state index in [0.717, 1.165) is 13.0 Å². The maximum Gasteiger partial charge on any atom is 0.225 e. The van der Waals surface area contributed by atoms with Gasteiger partial charge in [0.15, 0.2) is 0 Å². The van der Waals surface area contributed by atoms with Crippen molar-refractivity contribution in [1.82, 2.24) is 5.32 Å². The lowest BCUT2D eigenvalue weighted by atomic mass is 10.3. The third-order valence-corrected chi connectivity index (χ3v) is 2.45. The molecule has 0 bridgehead atoms. The molecule has 0 atom stereocenters. The summed E-state index contributed by atoms with van der Waals surface area (Å²) >= 11 is 5.60. The molecule has 0 unspecified atom stereocenters. The van der Waals surface area contributed by atoms with E-state index in [-0.39, 0.29) is 10.9 Å². The molecule has 0 aromatic heterocycles. The third kappa shape index (κ3) is 5.15. The summed E-state index contributed by atoms with van der Waals surface area (Å²) in [5.74, 6) is -0.606. The Kier molecular flexibility index (Phi) is 5.94. The highest BCUT2D eigenvalue weighted by Crippen LogP contribution is 2.19. The summed E-state index contributed by atoms with van der Waals surface area (Å²) in [6, 6.07) is 4.11. The molecule has 0 aliphatic rings. The standard InChI is InChI=1S/C12H16ClFN2O/c1-2-6-15-7-5-12(17)16-9-3-4-11(14)10(13)8-9/h3-4,8,15H,2,5-7H2,1H3,(H,16,17). The quantitative estimate of drug-likeness (QED) is 0.771. The fraction of sp³-hybridized carbons (Fsp3) is 0.417. The van der Waals surface area contributed by atoms with E-state index >= 15 is 0 Å². The fourth-order valence-corrected chi connectivity index (χ4v) is 1.48. The van der Waals surface area contributed by atoms with Crippen molar-refractivity contribution in [2.24, 2.45) is 0 Å². The number of carbonyl (C=O) groups is 1. The zero-order chi connectivity index (χ0) is 12.7. The molecule has 0 radical (unpaired) electrons. The second-order valence-electron chi connectivity index (χ2n) is 3.68. The molecular formula is C12H16ClFN2O. The summed E-state index contributed by atoms with van der Waals surface area (Å²) in [6.45, 7) is 3.60. The van der Waals surface area contributed by atoms with E-state index in [4.69, 9.17) is 11.6 Å². The van der Waals surface area contributed by atoms with E-state index in [2.05, 4.69) is 17.6 Å². The maximum absolute atomic E-state index is 12.9. The Morgan fingerprint density at radius 1 is 1.41 bits per heavy atom. The van der Waals surface area contributed by atoms with Gasteiger partial charge in [-0.1, -0.05) is 18.5 Å². The second kappa shape index (κ2) is 7.25. The van der Waals surface area contributed by atoms with Crippen LogP contribution in [0.15, 0.2) is 18.2 Å². The Hall–Kier alpha value is -1.13. The van der Waals surface area contributed by atoms with Crippen LogP contribution < -0.4 is 10.6 Å². The van der Waals surface area contributed by atoms with Crippen LogP contribution in [-0.2, 0) is 4.79 Å². The van der Waals surface area contributed by atoms with E-state index in [9.17, 15) is 9.18 Å². The van der Waals surface area contributed by atoms with Gasteiger partial charge in [-0.05, 0) is 31.2 Å². The molecule has 0 saturated heterocycles. The van der Waals surface area contributed by atoms with Gasteiger partial charge in [0.25, 0.3) is 0 Å². The van der Waals surface area contributed by atoms with Crippen LogP contribution in [0.1, 0.15) is 19.8 Å². The molecule has 94 valence electrons. The first-order valence-corrected chi connectivity index (χ1v) is 5.97. The van der Waals surface area contributed by atoms with E-state index in [1.54, 1.807) is 0 Å². The van der Waals surface area contributed by atoms with Gasteiger partial charge in [0.1, 0.15) is 5.82 Å². The molecule has 3 nitrogen and oxygen atoms in total. The molecule has 0 spiro atoms. The number of hydrogen-bond acceptors (Lipinski definition) is 2. The molecule has 0 aliphatic carbocycles. The largest absolute Gasteiger partial charge is 0.326 e. The first-order valence-electron chi connectivity index (χ1n) is 5.59. The number of benzene rings is 1. The lowest BCUT2D eigenvalue weighted by molar-refractivity contribution is -0.116. The lowest BCUT2D eigenvalue weighted by Crippen LogP contribution is -2.22. The molecule has 0 fully saturated rings. The highest BCUT2D eigenvalue weighted by Gasteiger charge is 2.04. The summed E-state index contributed by atoms with van der Waals surface area (Å²) in [7, 11) is 0. The van der Waals surface area contributed by atoms with Crippen molar-refractivity contribution in [3.63, 3.8) is 0 Å². The molecule has 1 rings (SSSR count).